The average Bonchev–Trinajstić information content (AvgIpc) is 2.28. The summed E-state index contributed by atoms with van der Waals surface area (Å²) in [4.78, 5) is 21.1. The van der Waals surface area contributed by atoms with Gasteiger partial charge in [0.25, 0.3) is 5.69 Å². The second-order valence-electron chi connectivity index (χ2n) is 3.41. The normalized spacial score (nSPS) is 11.9. The Balaban J connectivity index is 3.03. The second kappa shape index (κ2) is 6.18. The second-order valence-corrected chi connectivity index (χ2v) is 3.85. The number of benzene rings is 1. The molecule has 0 aliphatic heterocycles. The van der Waals surface area contributed by atoms with E-state index in [2.05, 4.69) is 5.32 Å². The molecule has 98 valence electrons. The van der Waals surface area contributed by atoms with E-state index >= 15 is 0 Å². The van der Waals surface area contributed by atoms with Gasteiger partial charge in [0.15, 0.2) is 0 Å². The Bertz CT molecular complexity index is 466. The van der Waals surface area contributed by atoms with Crippen molar-refractivity contribution in [2.45, 2.75) is 6.04 Å². The number of hydrogen-bond acceptors (Lipinski definition) is 5. The Hall–Kier alpha value is -1.86. The van der Waals surface area contributed by atoms with Crippen molar-refractivity contribution in [1.29, 1.82) is 0 Å². The molecule has 7 nitrogen and oxygen atoms in total. The molecule has 0 fully saturated rings. The quantitative estimate of drug-likeness (QED) is 0.605. The lowest BCUT2D eigenvalue weighted by molar-refractivity contribution is -0.384. The molecular formula is C10H11ClN2O5. The lowest BCUT2D eigenvalue weighted by Crippen LogP contribution is -2.33. The van der Waals surface area contributed by atoms with Crippen molar-refractivity contribution < 1.29 is 19.6 Å². The highest BCUT2D eigenvalue weighted by Crippen LogP contribution is 2.28. The van der Waals surface area contributed by atoms with Gasteiger partial charge in [0.05, 0.1) is 11.5 Å². The Kier molecular flexibility index (Phi) is 4.87. The first kappa shape index (κ1) is 14.2. The van der Waals surface area contributed by atoms with Crippen molar-refractivity contribution in [3.8, 4) is 0 Å². The molecule has 0 saturated heterocycles. The first-order valence-corrected chi connectivity index (χ1v) is 5.25. The van der Waals surface area contributed by atoms with Crippen LogP contribution in [0, 0.1) is 10.1 Å². The molecule has 1 unspecified atom stereocenters. The molecule has 0 aliphatic carbocycles. The predicted molar refractivity (Wildman–Crippen MR) is 65.0 cm³/mol. The molecule has 0 heterocycles. The molecule has 8 heteroatoms. The topological polar surface area (TPSA) is 102 Å². The lowest BCUT2D eigenvalue weighted by atomic mass is 10.2. The van der Waals surface area contributed by atoms with Crippen molar-refractivity contribution in [1.82, 2.24) is 0 Å². The Labute approximate surface area is 107 Å². The third-order valence-corrected chi connectivity index (χ3v) is 2.35. The van der Waals surface area contributed by atoms with E-state index in [0.29, 0.717) is 0 Å². The minimum atomic E-state index is -1.17. The van der Waals surface area contributed by atoms with Crippen LogP contribution in [0.1, 0.15) is 0 Å². The number of carboxylic acids is 1. The van der Waals surface area contributed by atoms with Crippen LogP contribution in [0.2, 0.25) is 5.02 Å². The standard InChI is InChI=1S/C10H11ClN2O5/c1-18-5-8(10(14)15)12-7-4-6(11)2-3-9(7)13(16)17/h2-4,8,12H,5H2,1H3,(H,14,15). The molecule has 1 rings (SSSR count). The summed E-state index contributed by atoms with van der Waals surface area (Å²) in [5.41, 5.74) is -0.210. The van der Waals surface area contributed by atoms with E-state index in [0.717, 1.165) is 0 Å². The highest BCUT2D eigenvalue weighted by molar-refractivity contribution is 6.31. The monoisotopic (exact) mass is 274 g/mol. The molecule has 18 heavy (non-hydrogen) atoms. The van der Waals surface area contributed by atoms with Crippen molar-refractivity contribution in [3.05, 3.63) is 33.3 Å². The third kappa shape index (κ3) is 3.57. The van der Waals surface area contributed by atoms with Crippen LogP contribution in [-0.4, -0.2) is 35.8 Å². The van der Waals surface area contributed by atoms with Crippen molar-refractivity contribution in [2.75, 3.05) is 19.0 Å². The molecule has 0 amide bonds. The number of nitrogens with zero attached hydrogens (tertiary/aromatic N) is 1. The molecular weight excluding hydrogens is 264 g/mol. The third-order valence-electron chi connectivity index (χ3n) is 2.12. The van der Waals surface area contributed by atoms with Gasteiger partial charge >= 0.3 is 5.97 Å². The number of aliphatic carboxylic acids is 1. The minimum absolute atomic E-state index is 0.0388. The number of ether oxygens (including phenoxy) is 1. The van der Waals surface area contributed by atoms with Gasteiger partial charge in [0, 0.05) is 18.2 Å². The van der Waals surface area contributed by atoms with E-state index in [-0.39, 0.29) is 23.0 Å². The van der Waals surface area contributed by atoms with Crippen molar-refractivity contribution >= 4 is 28.9 Å². The first-order valence-electron chi connectivity index (χ1n) is 4.88. The zero-order valence-corrected chi connectivity index (χ0v) is 10.2. The summed E-state index contributed by atoms with van der Waals surface area (Å²) in [6, 6.07) is 2.77. The molecule has 0 bridgehead atoms. The highest BCUT2D eigenvalue weighted by atomic mass is 35.5. The van der Waals surface area contributed by atoms with Gasteiger partial charge in [-0.3, -0.25) is 10.1 Å². The van der Waals surface area contributed by atoms with E-state index in [1.54, 1.807) is 0 Å². The van der Waals surface area contributed by atoms with Crippen LogP contribution in [0.4, 0.5) is 11.4 Å². The molecule has 0 aromatic heterocycles. The molecule has 0 spiro atoms. The van der Waals surface area contributed by atoms with Gasteiger partial charge in [0.1, 0.15) is 11.7 Å². The molecule has 2 N–H and O–H groups in total. The fraction of sp³-hybridized carbons (Fsp3) is 0.300. The summed E-state index contributed by atoms with van der Waals surface area (Å²) >= 11 is 5.72. The van der Waals surface area contributed by atoms with E-state index in [1.807, 2.05) is 0 Å². The fourth-order valence-electron chi connectivity index (χ4n) is 1.31. The smallest absolute Gasteiger partial charge is 0.328 e. The molecule has 0 radical (unpaired) electrons. The summed E-state index contributed by atoms with van der Waals surface area (Å²) < 4.78 is 4.72. The van der Waals surface area contributed by atoms with Crippen LogP contribution in [0.5, 0.6) is 0 Å². The predicted octanol–water partition coefficient (Wildman–Crippen LogP) is 1.76. The zero-order chi connectivity index (χ0) is 13.7. The van der Waals surface area contributed by atoms with Gasteiger partial charge in [-0.15, -0.1) is 0 Å². The summed E-state index contributed by atoms with van der Waals surface area (Å²) in [5.74, 6) is -1.17. The van der Waals surface area contributed by atoms with E-state index in [9.17, 15) is 14.9 Å². The van der Waals surface area contributed by atoms with Crippen LogP contribution in [0.15, 0.2) is 18.2 Å². The SMILES string of the molecule is COCC(Nc1cc(Cl)ccc1[N+](=O)[O-])C(=O)O. The van der Waals surface area contributed by atoms with Gasteiger partial charge in [-0.05, 0) is 12.1 Å². The number of halogens is 1. The van der Waals surface area contributed by atoms with Crippen LogP contribution < -0.4 is 5.32 Å². The Morgan fingerprint density at radius 1 is 1.67 bits per heavy atom. The molecule has 1 atom stereocenters. The summed E-state index contributed by atoms with van der Waals surface area (Å²) in [7, 11) is 1.34. The van der Waals surface area contributed by atoms with E-state index in [4.69, 9.17) is 21.4 Å². The average molecular weight is 275 g/mol. The minimum Gasteiger partial charge on any atom is -0.480 e. The lowest BCUT2D eigenvalue weighted by Gasteiger charge is -2.14. The van der Waals surface area contributed by atoms with Gasteiger partial charge in [-0.2, -0.15) is 0 Å². The summed E-state index contributed by atoms with van der Waals surface area (Å²) in [6.45, 7) is -0.126. The summed E-state index contributed by atoms with van der Waals surface area (Å²) in [5, 5.41) is 22.5. The number of hydrogen-bond donors (Lipinski definition) is 2. The van der Waals surface area contributed by atoms with Crippen LogP contribution in [0.25, 0.3) is 0 Å². The van der Waals surface area contributed by atoms with Gasteiger partial charge < -0.3 is 15.2 Å². The van der Waals surface area contributed by atoms with E-state index in [1.165, 1.54) is 25.3 Å². The van der Waals surface area contributed by atoms with Gasteiger partial charge in [0.2, 0.25) is 0 Å². The van der Waals surface area contributed by atoms with Gasteiger partial charge in [-0.1, -0.05) is 11.6 Å². The van der Waals surface area contributed by atoms with Crippen LogP contribution in [0.3, 0.4) is 0 Å². The molecule has 1 aromatic rings. The largest absolute Gasteiger partial charge is 0.480 e. The van der Waals surface area contributed by atoms with E-state index < -0.39 is 16.9 Å². The fourth-order valence-corrected chi connectivity index (χ4v) is 1.48. The molecule has 0 aliphatic rings. The summed E-state index contributed by atoms with van der Waals surface area (Å²) in [6.07, 6.45) is 0. The van der Waals surface area contributed by atoms with Crippen molar-refractivity contribution in [2.24, 2.45) is 0 Å². The number of anilines is 1. The maximum Gasteiger partial charge on any atom is 0.328 e. The number of methoxy groups -OCH3 is 1. The van der Waals surface area contributed by atoms with Crippen molar-refractivity contribution in [3.63, 3.8) is 0 Å². The van der Waals surface area contributed by atoms with Crippen LogP contribution in [-0.2, 0) is 9.53 Å². The number of nitrogens with one attached hydrogen (secondary N) is 1. The maximum atomic E-state index is 10.9. The Morgan fingerprint density at radius 3 is 2.83 bits per heavy atom. The molecule has 0 saturated carbocycles. The number of carboxylic acid groups (broad SMARTS) is 1. The first-order chi connectivity index (χ1) is 8.45. The molecule has 1 aromatic carbocycles. The number of carbonyl (C=O) groups is 1. The van der Waals surface area contributed by atoms with Gasteiger partial charge in [-0.25, -0.2) is 4.79 Å². The zero-order valence-electron chi connectivity index (χ0n) is 9.42. The Morgan fingerprint density at radius 2 is 2.33 bits per heavy atom. The highest BCUT2D eigenvalue weighted by Gasteiger charge is 2.22. The maximum absolute atomic E-state index is 10.9. The number of nitro groups is 1. The number of rotatable bonds is 6. The van der Waals surface area contributed by atoms with Crippen LogP contribution >= 0.6 is 11.6 Å². The number of nitro benzene ring substituents is 1.